The minimum Gasteiger partial charge on any atom is -0.350 e. The molecule has 5 heteroatoms. The van der Waals surface area contributed by atoms with Gasteiger partial charge in [0.15, 0.2) is 0 Å². The Kier molecular flexibility index (Phi) is 3.50. The third-order valence-corrected chi connectivity index (χ3v) is 4.34. The Morgan fingerprint density at radius 2 is 1.88 bits per heavy atom. The third kappa shape index (κ3) is 2.54. The van der Waals surface area contributed by atoms with Gasteiger partial charge >= 0.3 is 0 Å². The molecule has 0 spiro atoms. The van der Waals surface area contributed by atoms with Gasteiger partial charge in [0.05, 0.1) is 6.42 Å². The van der Waals surface area contributed by atoms with Crippen molar-refractivity contribution in [3.8, 4) is 11.1 Å². The number of aromatic nitrogens is 1. The van der Waals surface area contributed by atoms with Crippen LogP contribution in [0.15, 0.2) is 53.6 Å². The van der Waals surface area contributed by atoms with E-state index in [-0.39, 0.29) is 12.3 Å². The van der Waals surface area contributed by atoms with Crippen molar-refractivity contribution in [3.05, 3.63) is 59.8 Å². The molecule has 4 rings (SSSR count). The largest absolute Gasteiger partial charge is 0.350 e. The molecule has 0 fully saturated rings. The van der Waals surface area contributed by atoms with Gasteiger partial charge in [-0.3, -0.25) is 9.59 Å². The summed E-state index contributed by atoms with van der Waals surface area (Å²) in [6.07, 6.45) is 0.186. The van der Waals surface area contributed by atoms with Crippen molar-refractivity contribution >= 4 is 28.4 Å². The van der Waals surface area contributed by atoms with Crippen LogP contribution in [0.1, 0.15) is 29.4 Å². The molecule has 0 atom stereocenters. The van der Waals surface area contributed by atoms with Crippen LogP contribution in [0, 0.1) is 6.92 Å². The van der Waals surface area contributed by atoms with E-state index in [2.05, 4.69) is 10.1 Å². The van der Waals surface area contributed by atoms with E-state index in [1.165, 1.54) is 0 Å². The van der Waals surface area contributed by atoms with Crippen LogP contribution in [0.4, 0.5) is 0 Å². The summed E-state index contributed by atoms with van der Waals surface area (Å²) < 4.78 is 0. The number of H-pyrrole nitrogens is 1. The van der Waals surface area contributed by atoms with Crippen molar-refractivity contribution < 1.29 is 9.59 Å². The highest BCUT2D eigenvalue weighted by Crippen LogP contribution is 2.34. The number of fused-ring (bicyclic) bond motifs is 1. The smallest absolute Gasteiger partial charge is 0.298 e. The molecule has 0 bridgehead atoms. The van der Waals surface area contributed by atoms with Crippen LogP contribution in [0.2, 0.25) is 0 Å². The fraction of sp³-hybridized carbons (Fsp3) is 0.150. The Balaban J connectivity index is 1.95. The number of hydrogen-bond donors (Lipinski definition) is 1. The molecule has 0 radical (unpaired) electrons. The summed E-state index contributed by atoms with van der Waals surface area (Å²) in [5.74, 6) is -0.717. The van der Waals surface area contributed by atoms with E-state index in [1.807, 2.05) is 55.5 Å². The first kappa shape index (κ1) is 15.3. The Morgan fingerprint density at radius 3 is 2.56 bits per heavy atom. The quantitative estimate of drug-likeness (QED) is 0.724. The van der Waals surface area contributed by atoms with Crippen molar-refractivity contribution in [2.45, 2.75) is 20.3 Å². The average Bonchev–Trinajstić information content (AvgIpc) is 3.14. The number of benzene rings is 2. The molecule has 0 aliphatic carbocycles. The molecule has 124 valence electrons. The van der Waals surface area contributed by atoms with Crippen LogP contribution in [-0.2, 0) is 4.79 Å². The zero-order valence-corrected chi connectivity index (χ0v) is 14.0. The average molecular weight is 331 g/mol. The van der Waals surface area contributed by atoms with E-state index >= 15 is 0 Å². The summed E-state index contributed by atoms with van der Waals surface area (Å²) in [5, 5.41) is 6.03. The maximum absolute atomic E-state index is 13.0. The minimum atomic E-state index is -0.422. The topological polar surface area (TPSA) is 65.5 Å². The van der Waals surface area contributed by atoms with E-state index in [4.69, 9.17) is 0 Å². The second-order valence-electron chi connectivity index (χ2n) is 6.31. The van der Waals surface area contributed by atoms with Gasteiger partial charge in [-0.1, -0.05) is 42.0 Å². The summed E-state index contributed by atoms with van der Waals surface area (Å²) >= 11 is 0. The van der Waals surface area contributed by atoms with Crippen molar-refractivity contribution in [3.63, 3.8) is 0 Å². The molecule has 25 heavy (non-hydrogen) atoms. The maximum atomic E-state index is 13.0. The summed E-state index contributed by atoms with van der Waals surface area (Å²) in [6.45, 7) is 3.76. The first-order valence-electron chi connectivity index (χ1n) is 8.13. The number of nitrogens with one attached hydrogen (secondary N) is 1. The second-order valence-corrected chi connectivity index (χ2v) is 6.31. The van der Waals surface area contributed by atoms with E-state index in [1.54, 1.807) is 6.92 Å². The lowest BCUT2D eigenvalue weighted by atomic mass is 10.0. The molecule has 2 aromatic carbocycles. The molecule has 1 aliphatic heterocycles. The van der Waals surface area contributed by atoms with Gasteiger partial charge in [-0.15, -0.1) is 0 Å². The highest BCUT2D eigenvalue weighted by atomic mass is 16.2. The van der Waals surface area contributed by atoms with Crippen LogP contribution >= 0.6 is 0 Å². The number of aromatic amines is 1. The molecule has 1 aliphatic rings. The monoisotopic (exact) mass is 331 g/mol. The number of aryl methyl sites for hydroxylation is 1. The molecule has 0 saturated heterocycles. The molecule has 2 amide bonds. The fourth-order valence-corrected chi connectivity index (χ4v) is 3.19. The van der Waals surface area contributed by atoms with E-state index in [9.17, 15) is 9.59 Å². The summed E-state index contributed by atoms with van der Waals surface area (Å²) in [6, 6.07) is 15.7. The number of rotatable bonds is 2. The molecule has 0 saturated carbocycles. The van der Waals surface area contributed by atoms with Gasteiger partial charge in [0.1, 0.15) is 5.69 Å². The molecule has 1 N–H and O–H groups in total. The highest BCUT2D eigenvalue weighted by molar-refractivity contribution is 6.17. The van der Waals surface area contributed by atoms with Gasteiger partial charge in [-0.2, -0.15) is 10.1 Å². The zero-order valence-electron chi connectivity index (χ0n) is 14.0. The Morgan fingerprint density at radius 1 is 1.12 bits per heavy atom. The van der Waals surface area contributed by atoms with Crippen LogP contribution in [0.3, 0.4) is 0 Å². The van der Waals surface area contributed by atoms with Crippen LogP contribution in [0.5, 0.6) is 0 Å². The lowest BCUT2D eigenvalue weighted by Crippen LogP contribution is -2.29. The minimum absolute atomic E-state index is 0.186. The predicted molar refractivity (Wildman–Crippen MR) is 97.4 cm³/mol. The van der Waals surface area contributed by atoms with Gasteiger partial charge in [0.25, 0.3) is 11.8 Å². The number of amides is 2. The predicted octanol–water partition coefficient (Wildman–Crippen LogP) is 3.89. The van der Waals surface area contributed by atoms with Crippen LogP contribution in [-0.4, -0.2) is 27.5 Å². The summed E-state index contributed by atoms with van der Waals surface area (Å²) in [7, 11) is 0. The van der Waals surface area contributed by atoms with Crippen molar-refractivity contribution in [1.29, 1.82) is 0 Å². The van der Waals surface area contributed by atoms with Gasteiger partial charge in [-0.25, -0.2) is 0 Å². The number of hydrogen-bond acceptors (Lipinski definition) is 3. The molecule has 5 nitrogen and oxygen atoms in total. The SMILES string of the molecule is CC1=NN(C(=O)c2[nH]c3ccc(C)cc3c2-c2ccccc2)C(=O)C1. The van der Waals surface area contributed by atoms with Crippen LogP contribution < -0.4 is 0 Å². The fourth-order valence-electron chi connectivity index (χ4n) is 3.19. The van der Waals surface area contributed by atoms with Gasteiger partial charge in [-0.05, 0) is 31.5 Å². The number of hydrazone groups is 1. The molecule has 1 aromatic heterocycles. The summed E-state index contributed by atoms with van der Waals surface area (Å²) in [5.41, 5.74) is 4.73. The second kappa shape index (κ2) is 5.70. The molecule has 3 aromatic rings. The third-order valence-electron chi connectivity index (χ3n) is 4.34. The first-order chi connectivity index (χ1) is 12.0. The number of carbonyl (C=O) groups is 2. The number of nitrogens with zero attached hydrogens (tertiary/aromatic N) is 2. The van der Waals surface area contributed by atoms with E-state index in [0.29, 0.717) is 11.4 Å². The zero-order chi connectivity index (χ0) is 17.6. The number of carbonyl (C=O) groups excluding carboxylic acids is 2. The van der Waals surface area contributed by atoms with E-state index in [0.717, 1.165) is 32.6 Å². The maximum Gasteiger partial charge on any atom is 0.298 e. The lowest BCUT2D eigenvalue weighted by molar-refractivity contribution is -0.126. The Bertz CT molecular complexity index is 1030. The van der Waals surface area contributed by atoms with Crippen molar-refractivity contribution in [2.75, 3.05) is 0 Å². The van der Waals surface area contributed by atoms with Gasteiger partial charge < -0.3 is 4.98 Å². The molecular weight excluding hydrogens is 314 g/mol. The van der Waals surface area contributed by atoms with E-state index < -0.39 is 5.91 Å². The van der Waals surface area contributed by atoms with Crippen molar-refractivity contribution in [1.82, 2.24) is 9.99 Å². The lowest BCUT2D eigenvalue weighted by Gasteiger charge is -2.11. The standard InChI is InChI=1S/C20H17N3O2/c1-12-8-9-16-15(10-12)18(14-6-4-3-5-7-14)19(21-16)20(25)23-17(24)11-13(2)22-23/h3-10,21H,11H2,1-2H3. The highest BCUT2D eigenvalue weighted by Gasteiger charge is 2.31. The van der Waals surface area contributed by atoms with Gasteiger partial charge in [0.2, 0.25) is 0 Å². The number of imide groups is 1. The molecular formula is C20H17N3O2. The Labute approximate surface area is 145 Å². The van der Waals surface area contributed by atoms with Gasteiger partial charge in [0, 0.05) is 22.2 Å². The van der Waals surface area contributed by atoms with Crippen LogP contribution in [0.25, 0.3) is 22.0 Å². The van der Waals surface area contributed by atoms with Crippen molar-refractivity contribution in [2.24, 2.45) is 5.10 Å². The summed E-state index contributed by atoms with van der Waals surface area (Å²) in [4.78, 5) is 28.3. The first-order valence-corrected chi connectivity index (χ1v) is 8.13. The molecule has 0 unspecified atom stereocenters. The molecule has 2 heterocycles. The normalized spacial score (nSPS) is 14.2. The Hall–Kier alpha value is -3.21.